The van der Waals surface area contributed by atoms with Gasteiger partial charge in [0.15, 0.2) is 0 Å². The van der Waals surface area contributed by atoms with Gasteiger partial charge in [-0.1, -0.05) is 12.8 Å². The number of rotatable bonds is 4. The van der Waals surface area contributed by atoms with E-state index in [1.165, 1.54) is 31.4 Å². The van der Waals surface area contributed by atoms with Crippen LogP contribution >= 0.6 is 0 Å². The fourth-order valence-electron chi connectivity index (χ4n) is 3.23. The predicted octanol–water partition coefficient (Wildman–Crippen LogP) is 3.95. The summed E-state index contributed by atoms with van der Waals surface area (Å²) >= 11 is 0. The quantitative estimate of drug-likeness (QED) is 0.924. The Morgan fingerprint density at radius 2 is 1.86 bits per heavy atom. The smallest absolute Gasteiger partial charge is 0.134 e. The van der Waals surface area contributed by atoms with Crippen molar-refractivity contribution >= 4 is 16.6 Å². The number of hydrogen-bond donors (Lipinski definition) is 1. The van der Waals surface area contributed by atoms with Crippen molar-refractivity contribution in [3.63, 3.8) is 0 Å². The largest absolute Gasteiger partial charge is 0.497 e. The number of fused-ring (bicyclic) bond motifs is 1. The Labute approximate surface area is 125 Å². The zero-order valence-corrected chi connectivity index (χ0v) is 12.9. The number of nitrogens with one attached hydrogen (secondary N) is 1. The van der Waals surface area contributed by atoms with Crippen molar-refractivity contribution in [2.45, 2.75) is 31.6 Å². The highest BCUT2D eigenvalue weighted by Gasteiger charge is 2.21. The van der Waals surface area contributed by atoms with Crippen LogP contribution in [-0.4, -0.2) is 26.3 Å². The molecule has 4 heteroatoms. The number of methoxy groups -OCH3 is 2. The fourth-order valence-corrected chi connectivity index (χ4v) is 3.23. The second-order valence-electron chi connectivity index (χ2n) is 5.55. The lowest BCUT2D eigenvalue weighted by Gasteiger charge is -2.16. The first-order chi connectivity index (χ1) is 10.3. The van der Waals surface area contributed by atoms with Crippen LogP contribution < -0.4 is 14.8 Å². The number of hydrogen-bond acceptors (Lipinski definition) is 4. The van der Waals surface area contributed by atoms with Crippen LogP contribution in [0.15, 0.2) is 18.2 Å². The van der Waals surface area contributed by atoms with E-state index in [9.17, 15) is 0 Å². The molecule has 1 heterocycles. The van der Waals surface area contributed by atoms with E-state index in [0.29, 0.717) is 5.92 Å². The van der Waals surface area contributed by atoms with E-state index in [4.69, 9.17) is 14.5 Å². The Hall–Kier alpha value is -1.97. The molecule has 3 rings (SSSR count). The van der Waals surface area contributed by atoms with Crippen LogP contribution in [0.3, 0.4) is 0 Å². The Kier molecular flexibility index (Phi) is 3.86. The molecule has 0 bridgehead atoms. The SMILES string of the molecule is CNc1cc(C2CCCC2)nc2cc(OC)cc(OC)c12. The maximum absolute atomic E-state index is 5.52. The average Bonchev–Trinajstić information content (AvgIpc) is 3.06. The molecule has 2 aromatic rings. The number of aromatic nitrogens is 1. The second-order valence-corrected chi connectivity index (χ2v) is 5.55. The van der Waals surface area contributed by atoms with Crippen molar-refractivity contribution < 1.29 is 9.47 Å². The topological polar surface area (TPSA) is 43.4 Å². The van der Waals surface area contributed by atoms with Crippen LogP contribution in [0.5, 0.6) is 11.5 Å². The van der Waals surface area contributed by atoms with E-state index in [1.807, 2.05) is 19.2 Å². The molecule has 1 aliphatic rings. The molecule has 0 spiro atoms. The van der Waals surface area contributed by atoms with E-state index in [0.717, 1.165) is 28.1 Å². The van der Waals surface area contributed by atoms with E-state index < -0.39 is 0 Å². The Morgan fingerprint density at radius 1 is 1.10 bits per heavy atom. The first kappa shape index (κ1) is 14.0. The first-order valence-corrected chi connectivity index (χ1v) is 7.51. The van der Waals surface area contributed by atoms with Crippen LogP contribution in [0, 0.1) is 0 Å². The minimum Gasteiger partial charge on any atom is -0.497 e. The first-order valence-electron chi connectivity index (χ1n) is 7.51. The maximum Gasteiger partial charge on any atom is 0.134 e. The molecule has 0 radical (unpaired) electrons. The zero-order chi connectivity index (χ0) is 14.8. The van der Waals surface area contributed by atoms with Gasteiger partial charge in [0.2, 0.25) is 0 Å². The molecule has 4 nitrogen and oxygen atoms in total. The highest BCUT2D eigenvalue weighted by atomic mass is 16.5. The third-order valence-electron chi connectivity index (χ3n) is 4.36. The van der Waals surface area contributed by atoms with Gasteiger partial charge < -0.3 is 14.8 Å². The summed E-state index contributed by atoms with van der Waals surface area (Å²) in [4.78, 5) is 4.88. The molecular formula is C17H22N2O2. The summed E-state index contributed by atoms with van der Waals surface area (Å²) in [5, 5.41) is 4.30. The van der Waals surface area contributed by atoms with Gasteiger partial charge in [0.1, 0.15) is 11.5 Å². The van der Waals surface area contributed by atoms with Gasteiger partial charge in [0.25, 0.3) is 0 Å². The molecule has 0 saturated heterocycles. The number of benzene rings is 1. The van der Waals surface area contributed by atoms with Crippen molar-refractivity contribution in [2.75, 3.05) is 26.6 Å². The van der Waals surface area contributed by atoms with E-state index in [2.05, 4.69) is 11.4 Å². The third kappa shape index (κ3) is 2.50. The molecule has 112 valence electrons. The molecule has 0 amide bonds. The molecule has 0 unspecified atom stereocenters. The molecule has 1 aromatic heterocycles. The zero-order valence-electron chi connectivity index (χ0n) is 12.9. The number of ether oxygens (including phenoxy) is 2. The highest BCUT2D eigenvalue weighted by molar-refractivity contribution is 5.97. The van der Waals surface area contributed by atoms with Crippen molar-refractivity contribution in [1.29, 1.82) is 0 Å². The lowest BCUT2D eigenvalue weighted by Crippen LogP contribution is -2.02. The monoisotopic (exact) mass is 286 g/mol. The summed E-state index contributed by atoms with van der Waals surface area (Å²) in [6, 6.07) is 6.06. The summed E-state index contributed by atoms with van der Waals surface area (Å²) in [5.74, 6) is 2.15. The Bertz CT molecular complexity index is 649. The van der Waals surface area contributed by atoms with Crippen LogP contribution in [-0.2, 0) is 0 Å². The van der Waals surface area contributed by atoms with Crippen LogP contribution in [0.25, 0.3) is 10.9 Å². The molecule has 1 aromatic carbocycles. The summed E-state index contributed by atoms with van der Waals surface area (Å²) in [5.41, 5.74) is 3.18. The lowest BCUT2D eigenvalue weighted by atomic mass is 10.0. The van der Waals surface area contributed by atoms with Gasteiger partial charge in [0, 0.05) is 36.5 Å². The van der Waals surface area contributed by atoms with E-state index in [-0.39, 0.29) is 0 Å². The summed E-state index contributed by atoms with van der Waals surface area (Å²) in [6.07, 6.45) is 5.09. The van der Waals surface area contributed by atoms with Crippen molar-refractivity contribution in [1.82, 2.24) is 4.98 Å². The van der Waals surface area contributed by atoms with Crippen molar-refractivity contribution in [3.05, 3.63) is 23.9 Å². The maximum atomic E-state index is 5.52. The molecule has 1 N–H and O–H groups in total. The summed E-state index contributed by atoms with van der Waals surface area (Å²) in [6.45, 7) is 0. The van der Waals surface area contributed by atoms with Gasteiger partial charge in [-0.25, -0.2) is 0 Å². The van der Waals surface area contributed by atoms with Crippen LogP contribution in [0.2, 0.25) is 0 Å². The Morgan fingerprint density at radius 3 is 2.48 bits per heavy atom. The van der Waals surface area contributed by atoms with Crippen molar-refractivity contribution in [2.24, 2.45) is 0 Å². The molecule has 21 heavy (non-hydrogen) atoms. The molecule has 1 aliphatic carbocycles. The minimum absolute atomic E-state index is 0.582. The standard InChI is InChI=1S/C17H22N2O2/c1-18-14-10-13(11-6-4-5-7-11)19-15-8-12(20-2)9-16(21-3)17(14)15/h8-11H,4-7H2,1-3H3,(H,18,19). The van der Waals surface area contributed by atoms with E-state index >= 15 is 0 Å². The fraction of sp³-hybridized carbons (Fsp3) is 0.471. The van der Waals surface area contributed by atoms with Gasteiger partial charge in [-0.3, -0.25) is 4.98 Å². The minimum atomic E-state index is 0.582. The van der Waals surface area contributed by atoms with Gasteiger partial charge >= 0.3 is 0 Å². The van der Waals surface area contributed by atoms with Crippen LogP contribution in [0.4, 0.5) is 5.69 Å². The number of pyridine rings is 1. The summed E-state index contributed by atoms with van der Waals surface area (Å²) in [7, 11) is 5.29. The van der Waals surface area contributed by atoms with Gasteiger partial charge in [-0.05, 0) is 18.9 Å². The number of anilines is 1. The Balaban J connectivity index is 2.21. The highest BCUT2D eigenvalue weighted by Crippen LogP contribution is 2.39. The molecule has 0 aliphatic heterocycles. The molecule has 1 saturated carbocycles. The molecule has 0 atom stereocenters. The van der Waals surface area contributed by atoms with E-state index in [1.54, 1.807) is 14.2 Å². The molecule has 1 fully saturated rings. The number of nitrogens with zero attached hydrogens (tertiary/aromatic N) is 1. The third-order valence-corrected chi connectivity index (χ3v) is 4.36. The molecular weight excluding hydrogens is 264 g/mol. The van der Waals surface area contributed by atoms with Gasteiger partial charge in [0.05, 0.1) is 25.1 Å². The predicted molar refractivity (Wildman–Crippen MR) is 85.6 cm³/mol. The normalized spacial score (nSPS) is 15.4. The van der Waals surface area contributed by atoms with Gasteiger partial charge in [-0.15, -0.1) is 0 Å². The van der Waals surface area contributed by atoms with Crippen molar-refractivity contribution in [3.8, 4) is 11.5 Å². The van der Waals surface area contributed by atoms with Gasteiger partial charge in [-0.2, -0.15) is 0 Å². The second kappa shape index (κ2) is 5.80. The average molecular weight is 286 g/mol. The summed E-state index contributed by atoms with van der Waals surface area (Å²) < 4.78 is 10.9. The van der Waals surface area contributed by atoms with Crippen LogP contribution in [0.1, 0.15) is 37.3 Å². The lowest BCUT2D eigenvalue weighted by molar-refractivity contribution is 0.398.